The smallest absolute Gasteiger partial charge is 0.247 e. The molecule has 1 saturated heterocycles. The Morgan fingerprint density at radius 1 is 0.462 bits per heavy atom. The Hall–Kier alpha value is -5.33. The van der Waals surface area contributed by atoms with Gasteiger partial charge in [0.15, 0.2) is 0 Å². The molecule has 0 saturated carbocycles. The topological polar surface area (TPSA) is 154 Å². The van der Waals surface area contributed by atoms with E-state index in [0.717, 1.165) is 28.0 Å². The fraction of sp³-hybridized carbons (Fsp3) is 0.375. The number of amides is 5. The van der Waals surface area contributed by atoms with Crippen LogP contribution in [0.2, 0.25) is 0 Å². The van der Waals surface area contributed by atoms with Crippen LogP contribution in [0, 0.1) is 0 Å². The van der Waals surface area contributed by atoms with Crippen LogP contribution in [0.1, 0.15) is 32.6 Å². The molecule has 0 bridgehead atoms. The number of unbranched alkanes of at least 4 members (excludes halogenated alkanes) is 1. The molecule has 0 atom stereocenters. The minimum Gasteiger partial charge on any atom is -0.332 e. The van der Waals surface area contributed by atoms with Crippen LogP contribution in [-0.2, 0) is 24.0 Å². The zero-order valence-electron chi connectivity index (χ0n) is 29.9. The average molecular weight is 708 g/mol. The lowest BCUT2D eigenvalue weighted by molar-refractivity contribution is -0.141. The Morgan fingerprint density at radius 3 is 1.23 bits per heavy atom. The van der Waals surface area contributed by atoms with Crippen LogP contribution >= 0.6 is 0 Å². The van der Waals surface area contributed by atoms with Crippen molar-refractivity contribution in [2.24, 2.45) is 11.5 Å². The van der Waals surface area contributed by atoms with Crippen molar-refractivity contribution in [1.29, 1.82) is 0 Å². The first-order valence-corrected chi connectivity index (χ1v) is 18.0. The largest absolute Gasteiger partial charge is 0.332 e. The Bertz CT molecular complexity index is 1820. The maximum atomic E-state index is 14.3. The zero-order valence-corrected chi connectivity index (χ0v) is 29.9. The lowest BCUT2D eigenvalue weighted by Crippen LogP contribution is -2.50. The molecular formula is C40H49N7O5. The molecule has 5 rings (SSSR count). The van der Waals surface area contributed by atoms with Crippen molar-refractivity contribution in [3.05, 3.63) is 84.9 Å². The summed E-state index contributed by atoms with van der Waals surface area (Å²) in [6.45, 7) is 1.59. The van der Waals surface area contributed by atoms with Crippen molar-refractivity contribution in [3.8, 4) is 0 Å². The van der Waals surface area contributed by atoms with Gasteiger partial charge in [-0.25, -0.2) is 0 Å². The second kappa shape index (κ2) is 18.2. The third-order valence-electron chi connectivity index (χ3n) is 9.36. The molecule has 0 aromatic heterocycles. The highest BCUT2D eigenvalue weighted by Gasteiger charge is 2.31. The van der Waals surface area contributed by atoms with Gasteiger partial charge in [0.25, 0.3) is 0 Å². The van der Waals surface area contributed by atoms with Crippen LogP contribution in [0.15, 0.2) is 84.9 Å². The van der Waals surface area contributed by atoms with E-state index in [1.165, 1.54) is 24.5 Å². The van der Waals surface area contributed by atoms with Gasteiger partial charge in [-0.15, -0.1) is 0 Å². The van der Waals surface area contributed by atoms with Crippen LogP contribution in [0.4, 0.5) is 11.4 Å². The number of carbonyl (C=O) groups is 5. The molecule has 1 fully saturated rings. The molecule has 12 nitrogen and oxygen atoms in total. The normalized spacial score (nSPS) is 15.9. The Balaban J connectivity index is 1.60. The predicted octanol–water partition coefficient (Wildman–Crippen LogP) is 3.36. The van der Waals surface area contributed by atoms with E-state index in [4.69, 9.17) is 11.5 Å². The molecule has 0 unspecified atom stereocenters. The number of carbonyl (C=O) groups excluding carboxylic acids is 5. The molecule has 52 heavy (non-hydrogen) atoms. The van der Waals surface area contributed by atoms with Gasteiger partial charge in [0.1, 0.15) is 26.2 Å². The lowest BCUT2D eigenvalue weighted by Gasteiger charge is -2.30. The number of benzene rings is 4. The first-order chi connectivity index (χ1) is 25.2. The number of hydrogen-bond acceptors (Lipinski definition) is 7. The van der Waals surface area contributed by atoms with Gasteiger partial charge in [-0.3, -0.25) is 24.0 Å². The standard InChI is InChI=1S/C40H49N7O5/c1-2-3-20-43-26-39(51)47(35-17-15-31-11-5-7-13-33(31)24-35)29-38(50)44(21-8-18-41)25-36(48)45(22-9-19-42)27-40(52)46(28-37(43)49)34-16-14-30-10-4-6-12-32(30)23-34/h4-7,10-17,23-24H,2-3,8-9,18-22,25-29,41-42H2,1H3. The predicted molar refractivity (Wildman–Crippen MR) is 205 cm³/mol. The van der Waals surface area contributed by atoms with Gasteiger partial charge in [0.2, 0.25) is 29.5 Å². The van der Waals surface area contributed by atoms with Crippen molar-refractivity contribution in [1.82, 2.24) is 14.7 Å². The van der Waals surface area contributed by atoms with E-state index in [2.05, 4.69) is 0 Å². The molecular weight excluding hydrogens is 658 g/mol. The van der Waals surface area contributed by atoms with E-state index in [-0.39, 0.29) is 65.4 Å². The summed E-state index contributed by atoms with van der Waals surface area (Å²) in [6, 6.07) is 26.4. The highest BCUT2D eigenvalue weighted by Crippen LogP contribution is 2.25. The lowest BCUT2D eigenvalue weighted by atomic mass is 10.1. The maximum Gasteiger partial charge on any atom is 0.247 e. The molecule has 1 aliphatic heterocycles. The van der Waals surface area contributed by atoms with Crippen LogP contribution in [-0.4, -0.2) is 110 Å². The third kappa shape index (κ3) is 9.51. The minimum absolute atomic E-state index is 0.184. The quantitative estimate of drug-likeness (QED) is 0.243. The van der Waals surface area contributed by atoms with Crippen molar-refractivity contribution in [3.63, 3.8) is 0 Å². The molecule has 12 heteroatoms. The molecule has 4 aromatic rings. The molecule has 1 heterocycles. The molecule has 5 amide bonds. The van der Waals surface area contributed by atoms with Crippen LogP contribution < -0.4 is 21.3 Å². The Kier molecular flexibility index (Phi) is 13.3. The van der Waals surface area contributed by atoms with Gasteiger partial charge in [-0.2, -0.15) is 0 Å². The summed E-state index contributed by atoms with van der Waals surface area (Å²) in [5.41, 5.74) is 12.6. The van der Waals surface area contributed by atoms with Gasteiger partial charge < -0.3 is 36.0 Å². The van der Waals surface area contributed by atoms with E-state index < -0.39 is 29.5 Å². The first-order valence-electron chi connectivity index (χ1n) is 18.0. The number of anilines is 2. The third-order valence-corrected chi connectivity index (χ3v) is 9.36. The van der Waals surface area contributed by atoms with E-state index >= 15 is 0 Å². The monoisotopic (exact) mass is 707 g/mol. The molecule has 0 radical (unpaired) electrons. The van der Waals surface area contributed by atoms with Crippen LogP contribution in [0.5, 0.6) is 0 Å². The van der Waals surface area contributed by atoms with Crippen molar-refractivity contribution < 1.29 is 24.0 Å². The van der Waals surface area contributed by atoms with E-state index in [1.54, 1.807) is 12.1 Å². The minimum atomic E-state index is -0.469. The molecule has 4 N–H and O–H groups in total. The van der Waals surface area contributed by atoms with Gasteiger partial charge >= 0.3 is 0 Å². The fourth-order valence-electron chi connectivity index (χ4n) is 6.36. The van der Waals surface area contributed by atoms with E-state index in [9.17, 15) is 24.0 Å². The highest BCUT2D eigenvalue weighted by molar-refractivity contribution is 6.06. The average Bonchev–Trinajstić information content (AvgIpc) is 3.16. The van der Waals surface area contributed by atoms with Crippen molar-refractivity contribution >= 4 is 62.5 Å². The number of nitrogens with two attached hydrogens (primary N) is 2. The first kappa shape index (κ1) is 37.9. The van der Waals surface area contributed by atoms with Crippen molar-refractivity contribution in [2.75, 3.05) is 75.2 Å². The molecule has 0 spiro atoms. The zero-order chi connectivity index (χ0) is 37.0. The summed E-state index contributed by atoms with van der Waals surface area (Å²) in [7, 11) is 0. The number of nitrogens with zero attached hydrogens (tertiary/aromatic N) is 5. The molecule has 0 aliphatic carbocycles. The summed E-state index contributed by atoms with van der Waals surface area (Å²) in [5.74, 6) is -2.25. The van der Waals surface area contributed by atoms with E-state index in [1.807, 2.05) is 79.7 Å². The van der Waals surface area contributed by atoms with Crippen LogP contribution in [0.3, 0.4) is 0 Å². The molecule has 274 valence electrons. The second-order valence-corrected chi connectivity index (χ2v) is 13.1. The van der Waals surface area contributed by atoms with Gasteiger partial charge in [-0.05, 0) is 78.2 Å². The van der Waals surface area contributed by atoms with E-state index in [0.29, 0.717) is 30.6 Å². The second-order valence-electron chi connectivity index (χ2n) is 13.1. The summed E-state index contributed by atoms with van der Waals surface area (Å²) < 4.78 is 0. The Morgan fingerprint density at radius 2 is 0.827 bits per heavy atom. The summed E-state index contributed by atoms with van der Waals surface area (Å²) in [6.07, 6.45) is 2.26. The fourth-order valence-corrected chi connectivity index (χ4v) is 6.36. The highest BCUT2D eigenvalue weighted by atomic mass is 16.2. The summed E-state index contributed by atoms with van der Waals surface area (Å²) in [5, 5.41) is 3.69. The molecule has 1 aliphatic rings. The number of fused-ring (bicyclic) bond motifs is 2. The van der Waals surface area contributed by atoms with Crippen LogP contribution in [0.25, 0.3) is 21.5 Å². The molecule has 4 aromatic carbocycles. The number of hydrogen-bond donors (Lipinski definition) is 2. The van der Waals surface area contributed by atoms with Gasteiger partial charge in [0, 0.05) is 31.0 Å². The maximum absolute atomic E-state index is 14.3. The SMILES string of the molecule is CCCCN1CC(=O)N(c2ccc3ccccc3c2)CC(=O)N(CCCN)CC(=O)N(CCCN)CC(=O)N(c2ccc3ccccc3c2)CC1=O. The summed E-state index contributed by atoms with van der Waals surface area (Å²) in [4.78, 5) is 77.9. The number of rotatable bonds is 11. The summed E-state index contributed by atoms with van der Waals surface area (Å²) >= 11 is 0. The van der Waals surface area contributed by atoms with Gasteiger partial charge in [0.05, 0.1) is 6.54 Å². The van der Waals surface area contributed by atoms with Gasteiger partial charge in [-0.1, -0.05) is 74.0 Å². The van der Waals surface area contributed by atoms with Crippen molar-refractivity contribution in [2.45, 2.75) is 32.6 Å². The Labute approximate surface area is 304 Å².